The molecule has 0 spiro atoms. The van der Waals surface area contributed by atoms with Crippen LogP contribution in [-0.2, 0) is 28.7 Å². The summed E-state index contributed by atoms with van der Waals surface area (Å²) in [5, 5.41) is 12.6. The van der Waals surface area contributed by atoms with Crippen LogP contribution >= 0.6 is 22.9 Å². The lowest BCUT2D eigenvalue weighted by Gasteiger charge is -2.40. The summed E-state index contributed by atoms with van der Waals surface area (Å²) in [5.41, 5.74) is 0.820. The average molecular weight is 711 g/mol. The summed E-state index contributed by atoms with van der Waals surface area (Å²) in [6, 6.07) is 2.10. The number of likely N-dealkylation sites (tertiary alicyclic amines) is 2. The van der Waals surface area contributed by atoms with Crippen molar-refractivity contribution in [3.8, 4) is 0 Å². The maximum absolute atomic E-state index is 14.0. The lowest BCUT2D eigenvalue weighted by molar-refractivity contribution is -0.142. The number of ether oxygens (including phenoxy) is 1. The number of nitrogens with zero attached hydrogens (tertiary/aromatic N) is 3. The number of hydrogen-bond donors (Lipinski definition) is 3. The van der Waals surface area contributed by atoms with Crippen molar-refractivity contribution in [3.63, 3.8) is 0 Å². The summed E-state index contributed by atoms with van der Waals surface area (Å²) in [6.45, 7) is 4.12. The van der Waals surface area contributed by atoms with Crippen LogP contribution in [0.15, 0.2) is 22.9 Å². The first-order valence-corrected chi connectivity index (χ1v) is 18.0. The Labute approximate surface area is 287 Å². The lowest BCUT2D eigenvalue weighted by Crippen LogP contribution is -2.52. The smallest absolute Gasteiger partial charge is 0.418 e. The van der Waals surface area contributed by atoms with Gasteiger partial charge in [0.1, 0.15) is 0 Å². The van der Waals surface area contributed by atoms with E-state index in [1.807, 2.05) is 10.8 Å². The first-order valence-electron chi connectivity index (χ1n) is 16.7. The Morgan fingerprint density at radius 2 is 1.69 bits per heavy atom. The molecule has 262 valence electrons. The lowest BCUT2D eigenvalue weighted by atomic mass is 9.79. The number of anilines is 2. The van der Waals surface area contributed by atoms with Crippen molar-refractivity contribution in [1.82, 2.24) is 20.0 Å². The van der Waals surface area contributed by atoms with Crippen LogP contribution < -0.4 is 16.0 Å². The molecular weight excluding hydrogens is 669 g/mol. The Hall–Kier alpha value is -3.23. The van der Waals surface area contributed by atoms with Crippen LogP contribution in [0, 0.1) is 11.8 Å². The number of carbonyl (C=O) groups is 3. The van der Waals surface area contributed by atoms with E-state index in [0.717, 1.165) is 56.1 Å². The molecular formula is C33H42ClF3N6O4S. The molecule has 3 N–H and O–H groups in total. The maximum atomic E-state index is 14.0. The van der Waals surface area contributed by atoms with Gasteiger partial charge in [0.05, 0.1) is 28.5 Å². The van der Waals surface area contributed by atoms with E-state index in [0.29, 0.717) is 57.4 Å². The number of fused-ring (bicyclic) bond motifs is 1. The molecule has 4 aliphatic rings. The number of carbonyl (C=O) groups excluding carboxylic acids is 3. The first kappa shape index (κ1) is 34.6. The van der Waals surface area contributed by atoms with E-state index < -0.39 is 29.8 Å². The fourth-order valence-electron chi connectivity index (χ4n) is 7.61. The predicted octanol–water partition coefficient (Wildman–Crippen LogP) is 6.26. The molecule has 1 aromatic heterocycles. The van der Waals surface area contributed by atoms with Crippen molar-refractivity contribution in [2.45, 2.75) is 69.8 Å². The predicted molar refractivity (Wildman–Crippen MR) is 178 cm³/mol. The Morgan fingerprint density at radius 1 is 1.02 bits per heavy atom. The standard InChI is InChI=1S/C33H42ClF3N6O4S/c1-38-29-25(33(35,36)37)14-20(15-26(29)34)16-28(30(44)41-10-4-22(5-11-41)21-2-8-39-9-3-21)47-32(46)42-12-6-24(7-13-42)43-17-23-18-48-19-27(23)40-31(43)45/h14-15,18-19,21-22,24,28,38-39H,2-13,16-17H2,1H3,(H,40,45)/t28-/m1/s1. The van der Waals surface area contributed by atoms with Crippen molar-refractivity contribution in [2.75, 3.05) is 56.9 Å². The summed E-state index contributed by atoms with van der Waals surface area (Å²) < 4.78 is 47.8. The first-order chi connectivity index (χ1) is 23.0. The molecule has 4 amide bonds. The molecule has 3 saturated heterocycles. The van der Waals surface area contributed by atoms with Gasteiger partial charge in [-0.1, -0.05) is 11.6 Å². The Kier molecular flexibility index (Phi) is 10.6. The summed E-state index contributed by atoms with van der Waals surface area (Å²) in [7, 11) is 1.36. The molecule has 1 aromatic carbocycles. The second-order valence-corrected chi connectivity index (χ2v) is 14.3. The van der Waals surface area contributed by atoms with E-state index in [9.17, 15) is 27.6 Å². The minimum absolute atomic E-state index is 0.0746. The average Bonchev–Trinajstić information content (AvgIpc) is 3.54. The third-order valence-corrected chi connectivity index (χ3v) is 11.4. The molecule has 3 fully saturated rings. The number of piperidine rings is 3. The van der Waals surface area contributed by atoms with Gasteiger partial charge in [-0.25, -0.2) is 9.59 Å². The molecule has 1 atom stereocenters. The van der Waals surface area contributed by atoms with E-state index in [-0.39, 0.29) is 34.8 Å². The largest absolute Gasteiger partial charge is 0.436 e. The highest BCUT2D eigenvalue weighted by Crippen LogP contribution is 2.40. The van der Waals surface area contributed by atoms with Crippen LogP contribution in [0.5, 0.6) is 0 Å². The van der Waals surface area contributed by atoms with Crippen LogP contribution in [-0.4, -0.2) is 91.2 Å². The monoisotopic (exact) mass is 710 g/mol. The molecule has 5 heterocycles. The van der Waals surface area contributed by atoms with Gasteiger partial charge in [0.25, 0.3) is 5.91 Å². The second-order valence-electron chi connectivity index (χ2n) is 13.2. The number of rotatable bonds is 7. The van der Waals surface area contributed by atoms with E-state index in [1.165, 1.54) is 29.4 Å². The molecule has 15 heteroatoms. The molecule has 10 nitrogen and oxygen atoms in total. The minimum atomic E-state index is -4.69. The number of benzene rings is 1. The third kappa shape index (κ3) is 7.65. The van der Waals surface area contributed by atoms with Gasteiger partial charge in [-0.05, 0) is 86.5 Å². The van der Waals surface area contributed by atoms with Crippen molar-refractivity contribution < 1.29 is 32.3 Å². The summed E-state index contributed by atoms with van der Waals surface area (Å²) >= 11 is 7.80. The zero-order valence-corrected chi connectivity index (χ0v) is 28.5. The number of thiophene rings is 1. The van der Waals surface area contributed by atoms with Gasteiger partial charge in [0.15, 0.2) is 6.10 Å². The normalized spacial score (nSPS) is 20.7. The molecule has 0 bridgehead atoms. The number of urea groups is 1. The maximum Gasteiger partial charge on any atom is 0.418 e. The molecule has 0 unspecified atom stereocenters. The Morgan fingerprint density at radius 3 is 2.35 bits per heavy atom. The molecule has 6 rings (SSSR count). The molecule has 0 radical (unpaired) electrons. The third-order valence-electron chi connectivity index (χ3n) is 10.3. The summed E-state index contributed by atoms with van der Waals surface area (Å²) in [5.74, 6) is 0.701. The highest BCUT2D eigenvalue weighted by Gasteiger charge is 2.39. The number of amides is 4. The van der Waals surface area contributed by atoms with Gasteiger partial charge >= 0.3 is 18.3 Å². The van der Waals surface area contributed by atoms with Crippen LogP contribution in [0.3, 0.4) is 0 Å². The summed E-state index contributed by atoms with van der Waals surface area (Å²) in [4.78, 5) is 45.2. The minimum Gasteiger partial charge on any atom is -0.436 e. The number of hydrogen-bond acceptors (Lipinski definition) is 7. The zero-order valence-electron chi connectivity index (χ0n) is 26.9. The van der Waals surface area contributed by atoms with Gasteiger partial charge in [0.2, 0.25) is 0 Å². The zero-order chi connectivity index (χ0) is 34.0. The molecule has 2 aromatic rings. The van der Waals surface area contributed by atoms with Gasteiger partial charge in [-0.2, -0.15) is 13.2 Å². The highest BCUT2D eigenvalue weighted by atomic mass is 35.5. The SMILES string of the molecule is CNc1c(Cl)cc(C[C@@H](OC(=O)N2CCC(N3Cc4cscc4NC3=O)CC2)C(=O)N2CCC(C3CCNCC3)CC2)cc1C(F)(F)F. The Balaban J connectivity index is 1.14. The topological polar surface area (TPSA) is 106 Å². The molecule has 4 aliphatic heterocycles. The van der Waals surface area contributed by atoms with Crippen LogP contribution in [0.4, 0.5) is 34.1 Å². The van der Waals surface area contributed by atoms with Crippen molar-refractivity contribution in [2.24, 2.45) is 11.8 Å². The van der Waals surface area contributed by atoms with Crippen molar-refractivity contribution in [1.29, 1.82) is 0 Å². The van der Waals surface area contributed by atoms with E-state index in [1.54, 1.807) is 9.80 Å². The van der Waals surface area contributed by atoms with Crippen molar-refractivity contribution >= 4 is 52.3 Å². The molecule has 48 heavy (non-hydrogen) atoms. The quantitative estimate of drug-likeness (QED) is 0.314. The van der Waals surface area contributed by atoms with Gasteiger partial charge in [0, 0.05) is 56.6 Å². The van der Waals surface area contributed by atoms with Gasteiger partial charge < -0.3 is 35.4 Å². The van der Waals surface area contributed by atoms with E-state index >= 15 is 0 Å². The summed E-state index contributed by atoms with van der Waals surface area (Å²) in [6.07, 6.45) is -2.02. The highest BCUT2D eigenvalue weighted by molar-refractivity contribution is 7.08. The number of halogens is 4. The fraction of sp³-hybridized carbons (Fsp3) is 0.606. The van der Waals surface area contributed by atoms with E-state index in [4.69, 9.17) is 16.3 Å². The number of nitrogens with one attached hydrogen (secondary N) is 3. The van der Waals surface area contributed by atoms with Crippen LogP contribution in [0.25, 0.3) is 0 Å². The van der Waals surface area contributed by atoms with Crippen LogP contribution in [0.1, 0.15) is 55.2 Å². The molecule has 0 aliphatic carbocycles. The number of alkyl halides is 3. The molecule has 0 saturated carbocycles. The van der Waals surface area contributed by atoms with Gasteiger partial charge in [-0.3, -0.25) is 4.79 Å². The van der Waals surface area contributed by atoms with Gasteiger partial charge in [-0.15, -0.1) is 11.3 Å². The second kappa shape index (κ2) is 14.7. The fourth-order valence-corrected chi connectivity index (χ4v) is 8.73. The van der Waals surface area contributed by atoms with Crippen molar-refractivity contribution in [3.05, 3.63) is 44.6 Å². The van der Waals surface area contributed by atoms with E-state index in [2.05, 4.69) is 16.0 Å². The Bertz CT molecular complexity index is 1490. The van der Waals surface area contributed by atoms with Crippen LogP contribution in [0.2, 0.25) is 5.02 Å².